The van der Waals surface area contributed by atoms with Crippen LogP contribution in [0.4, 0.5) is 13.2 Å². The molecule has 3 aromatic heterocycles. The van der Waals surface area contributed by atoms with Gasteiger partial charge < -0.3 is 4.42 Å². The standard InChI is InChI=1S/C20H12ClF3N2OS/c1-11-17(26-8-2-3-15(21)19(26)25-11)13-9-16(27-10-13)18(28)12-4-6-14(7-5-12)20(22,23)24/h2-10H,1H3. The van der Waals surface area contributed by atoms with E-state index in [1.54, 1.807) is 18.4 Å². The molecule has 0 saturated carbocycles. The molecule has 0 aliphatic heterocycles. The zero-order valence-electron chi connectivity index (χ0n) is 14.4. The molecule has 4 rings (SSSR count). The largest absolute Gasteiger partial charge is 0.463 e. The minimum Gasteiger partial charge on any atom is -0.463 e. The van der Waals surface area contributed by atoms with E-state index in [1.165, 1.54) is 12.1 Å². The Bertz CT molecular complexity index is 1190. The van der Waals surface area contributed by atoms with Crippen LogP contribution in [0.25, 0.3) is 16.9 Å². The molecule has 0 aliphatic carbocycles. The Kier molecular flexibility index (Phi) is 4.51. The average Bonchev–Trinajstić information content (AvgIpc) is 3.25. The van der Waals surface area contributed by atoms with Crippen molar-refractivity contribution >= 4 is 34.3 Å². The molecule has 0 saturated heterocycles. The summed E-state index contributed by atoms with van der Waals surface area (Å²) in [6.07, 6.45) is -1.000. The molecule has 28 heavy (non-hydrogen) atoms. The van der Waals surface area contributed by atoms with Crippen LogP contribution in [-0.4, -0.2) is 14.2 Å². The molecule has 0 atom stereocenters. The van der Waals surface area contributed by atoms with E-state index in [1.807, 2.05) is 23.6 Å². The first-order valence-corrected chi connectivity index (χ1v) is 8.98. The maximum Gasteiger partial charge on any atom is 0.416 e. The van der Waals surface area contributed by atoms with Crippen LogP contribution >= 0.6 is 23.8 Å². The number of halogens is 4. The highest BCUT2D eigenvalue weighted by Crippen LogP contribution is 2.31. The van der Waals surface area contributed by atoms with E-state index in [9.17, 15) is 13.2 Å². The molecule has 0 N–H and O–H groups in total. The van der Waals surface area contributed by atoms with Gasteiger partial charge in [0.15, 0.2) is 5.65 Å². The minimum atomic E-state index is -4.39. The summed E-state index contributed by atoms with van der Waals surface area (Å²) in [5.74, 6) is 0.390. The summed E-state index contributed by atoms with van der Waals surface area (Å²) >= 11 is 11.6. The van der Waals surface area contributed by atoms with Gasteiger partial charge >= 0.3 is 6.18 Å². The molecular weight excluding hydrogens is 409 g/mol. The van der Waals surface area contributed by atoms with Gasteiger partial charge in [-0.2, -0.15) is 13.2 Å². The van der Waals surface area contributed by atoms with Gasteiger partial charge in [-0.15, -0.1) is 0 Å². The van der Waals surface area contributed by atoms with Crippen LogP contribution in [0.15, 0.2) is 59.3 Å². The van der Waals surface area contributed by atoms with Crippen LogP contribution < -0.4 is 0 Å². The first-order valence-electron chi connectivity index (χ1n) is 8.20. The van der Waals surface area contributed by atoms with Crippen molar-refractivity contribution in [3.05, 3.63) is 82.5 Å². The Morgan fingerprint density at radius 3 is 2.57 bits per heavy atom. The van der Waals surface area contributed by atoms with E-state index in [-0.39, 0.29) is 0 Å². The van der Waals surface area contributed by atoms with Crippen molar-refractivity contribution in [2.45, 2.75) is 13.1 Å². The number of hydrogen-bond acceptors (Lipinski definition) is 3. The second-order valence-electron chi connectivity index (χ2n) is 6.20. The van der Waals surface area contributed by atoms with Crippen molar-refractivity contribution in [1.82, 2.24) is 9.38 Å². The normalized spacial score (nSPS) is 11.9. The van der Waals surface area contributed by atoms with Gasteiger partial charge in [-0.05, 0) is 42.8 Å². The zero-order valence-corrected chi connectivity index (χ0v) is 16.0. The van der Waals surface area contributed by atoms with Crippen LogP contribution in [0, 0.1) is 6.92 Å². The number of aryl methyl sites for hydroxylation is 1. The quantitative estimate of drug-likeness (QED) is 0.286. The molecule has 1 aromatic carbocycles. The molecular formula is C20H12ClF3N2OS. The SMILES string of the molecule is Cc1nc2c(Cl)cccn2c1-c1coc(C(=S)c2ccc(C(F)(F)F)cc2)c1. The summed E-state index contributed by atoms with van der Waals surface area (Å²) in [6.45, 7) is 1.86. The van der Waals surface area contributed by atoms with E-state index in [0.29, 0.717) is 26.9 Å². The fraction of sp³-hybridized carbons (Fsp3) is 0.100. The Balaban J connectivity index is 1.70. The van der Waals surface area contributed by atoms with E-state index >= 15 is 0 Å². The van der Waals surface area contributed by atoms with Gasteiger partial charge in [-0.3, -0.25) is 4.40 Å². The number of benzene rings is 1. The Morgan fingerprint density at radius 2 is 1.89 bits per heavy atom. The van der Waals surface area contributed by atoms with Crippen LogP contribution in [0.3, 0.4) is 0 Å². The van der Waals surface area contributed by atoms with Gasteiger partial charge in [0, 0.05) is 11.8 Å². The van der Waals surface area contributed by atoms with E-state index in [4.69, 9.17) is 28.2 Å². The van der Waals surface area contributed by atoms with E-state index in [0.717, 1.165) is 29.1 Å². The van der Waals surface area contributed by atoms with Crippen molar-refractivity contribution in [3.63, 3.8) is 0 Å². The van der Waals surface area contributed by atoms with Gasteiger partial charge in [0.05, 0.1) is 26.8 Å². The molecule has 4 aromatic rings. The van der Waals surface area contributed by atoms with Crippen molar-refractivity contribution in [3.8, 4) is 11.3 Å². The number of furan rings is 1. The fourth-order valence-corrected chi connectivity index (χ4v) is 3.48. The van der Waals surface area contributed by atoms with E-state index in [2.05, 4.69) is 4.98 Å². The predicted molar refractivity (Wildman–Crippen MR) is 105 cm³/mol. The summed E-state index contributed by atoms with van der Waals surface area (Å²) in [7, 11) is 0. The summed E-state index contributed by atoms with van der Waals surface area (Å²) in [6, 6.07) is 10.0. The number of fused-ring (bicyclic) bond motifs is 1. The lowest BCUT2D eigenvalue weighted by Crippen LogP contribution is -2.05. The molecule has 0 amide bonds. The predicted octanol–water partition coefficient (Wildman–Crippen LogP) is 6.34. The molecule has 142 valence electrons. The number of hydrogen-bond donors (Lipinski definition) is 0. The third kappa shape index (κ3) is 3.21. The number of imidazole rings is 1. The topological polar surface area (TPSA) is 30.4 Å². The zero-order chi connectivity index (χ0) is 20.1. The van der Waals surface area contributed by atoms with Crippen molar-refractivity contribution < 1.29 is 17.6 Å². The van der Waals surface area contributed by atoms with Crippen molar-refractivity contribution in [2.24, 2.45) is 0 Å². The molecule has 0 radical (unpaired) electrons. The summed E-state index contributed by atoms with van der Waals surface area (Å²) < 4.78 is 45.6. The third-order valence-electron chi connectivity index (χ3n) is 4.35. The lowest BCUT2D eigenvalue weighted by molar-refractivity contribution is -0.137. The van der Waals surface area contributed by atoms with Crippen molar-refractivity contribution in [1.29, 1.82) is 0 Å². The Labute approximate surface area is 168 Å². The molecule has 8 heteroatoms. The molecule has 0 aliphatic rings. The monoisotopic (exact) mass is 420 g/mol. The average molecular weight is 421 g/mol. The van der Waals surface area contributed by atoms with Crippen molar-refractivity contribution in [2.75, 3.05) is 0 Å². The maximum atomic E-state index is 12.7. The number of nitrogens with zero attached hydrogens (tertiary/aromatic N) is 2. The fourth-order valence-electron chi connectivity index (χ4n) is 3.03. The Hall–Kier alpha value is -2.64. The van der Waals surface area contributed by atoms with Crippen LogP contribution in [0.2, 0.25) is 5.02 Å². The first-order chi connectivity index (χ1) is 13.3. The van der Waals surface area contributed by atoms with Gasteiger partial charge in [0.25, 0.3) is 0 Å². The highest BCUT2D eigenvalue weighted by molar-refractivity contribution is 7.81. The van der Waals surface area contributed by atoms with Crippen LogP contribution in [0.5, 0.6) is 0 Å². The second-order valence-corrected chi connectivity index (χ2v) is 7.01. The highest BCUT2D eigenvalue weighted by atomic mass is 35.5. The van der Waals surface area contributed by atoms with Gasteiger partial charge in [-0.1, -0.05) is 36.0 Å². The molecule has 0 bridgehead atoms. The smallest absolute Gasteiger partial charge is 0.416 e. The molecule has 3 heterocycles. The number of pyridine rings is 1. The number of rotatable bonds is 3. The number of thiocarbonyl (C=S) groups is 1. The summed E-state index contributed by atoms with van der Waals surface area (Å²) in [5.41, 5.74) is 2.70. The minimum absolute atomic E-state index is 0.324. The summed E-state index contributed by atoms with van der Waals surface area (Å²) in [4.78, 5) is 4.81. The third-order valence-corrected chi connectivity index (χ3v) is 5.08. The van der Waals surface area contributed by atoms with Gasteiger partial charge in [-0.25, -0.2) is 4.98 Å². The highest BCUT2D eigenvalue weighted by Gasteiger charge is 2.30. The maximum absolute atomic E-state index is 12.7. The van der Waals surface area contributed by atoms with E-state index < -0.39 is 11.7 Å². The number of alkyl halides is 3. The van der Waals surface area contributed by atoms with Gasteiger partial charge in [0.2, 0.25) is 0 Å². The van der Waals surface area contributed by atoms with Crippen LogP contribution in [-0.2, 0) is 6.18 Å². The second kappa shape index (κ2) is 6.76. The lowest BCUT2D eigenvalue weighted by atomic mass is 10.1. The molecule has 3 nitrogen and oxygen atoms in total. The Morgan fingerprint density at radius 1 is 1.18 bits per heavy atom. The molecule has 0 unspecified atom stereocenters. The molecule has 0 spiro atoms. The lowest BCUT2D eigenvalue weighted by Gasteiger charge is -2.07. The first kappa shape index (κ1) is 18.7. The summed E-state index contributed by atoms with van der Waals surface area (Å²) in [5, 5.41) is 0.529. The molecule has 0 fully saturated rings. The van der Waals surface area contributed by atoms with Gasteiger partial charge in [0.1, 0.15) is 12.0 Å². The van der Waals surface area contributed by atoms with Crippen LogP contribution in [0.1, 0.15) is 22.6 Å². The number of aromatic nitrogens is 2.